The quantitative estimate of drug-likeness (QED) is 0.113. The minimum atomic E-state index is -5.08. The standard InChI is InChI=1S/C32H39ClN8O3.2C2HF3O2/c33-27-19-24(6-7-28(27)44-25-9-15-41(16-10-25)32(43)22-4-1-2-5-22)39-30-26-18-23(8-12-35-29(26)37-20-38-30)31(42)36-11-3-14-40-17-13-34-21-40;2*3-2(4,5)1(6)7/h6-7,13,17-22,25H,1-5,8-12,14-16H2,(H,36,42)(H2,35,37,38,39);2*(H,6,7). The van der Waals surface area contributed by atoms with Crippen molar-refractivity contribution in [1.82, 2.24) is 29.7 Å². The normalized spacial score (nSPS) is 15.8. The number of amides is 2. The number of carbonyl (C=O) groups excluding carboxylic acids is 2. The van der Waals surface area contributed by atoms with Crippen molar-refractivity contribution < 1.29 is 60.5 Å². The topological polar surface area (TPSA) is 201 Å². The van der Waals surface area contributed by atoms with E-state index in [-0.39, 0.29) is 17.9 Å². The lowest BCUT2D eigenvalue weighted by molar-refractivity contribution is -0.193. The van der Waals surface area contributed by atoms with Gasteiger partial charge in [-0.2, -0.15) is 26.3 Å². The molecule has 0 atom stereocenters. The van der Waals surface area contributed by atoms with Crippen molar-refractivity contribution in [2.75, 3.05) is 36.8 Å². The van der Waals surface area contributed by atoms with Crippen molar-refractivity contribution >= 4 is 58.8 Å². The van der Waals surface area contributed by atoms with E-state index in [1.165, 1.54) is 19.2 Å². The number of fused-ring (bicyclic) bond motifs is 1. The summed E-state index contributed by atoms with van der Waals surface area (Å²) in [5, 5.41) is 24.4. The molecule has 316 valence electrons. The maximum atomic E-state index is 13.0. The number of nitrogens with zero attached hydrogens (tertiary/aromatic N) is 5. The number of alkyl halides is 6. The SMILES string of the molecule is O=C(NCCCn1ccnc1)C1=Cc2c(ncnc2Nc2ccc(OC3CCN(C(=O)C4CCCC4)CC3)c(Cl)c2)NCC1.O=C(O)C(F)(F)F.O=C(O)C(F)(F)F. The second-order valence-corrected chi connectivity index (χ2v) is 13.6. The van der Waals surface area contributed by atoms with Gasteiger partial charge in [-0.15, -0.1) is 0 Å². The minimum Gasteiger partial charge on any atom is -0.489 e. The molecule has 1 aliphatic carbocycles. The number of aryl methyl sites for hydroxylation is 1. The molecule has 1 saturated heterocycles. The summed E-state index contributed by atoms with van der Waals surface area (Å²) in [5.74, 6) is -3.23. The van der Waals surface area contributed by atoms with Crippen LogP contribution in [0.4, 0.5) is 43.7 Å². The maximum Gasteiger partial charge on any atom is 0.490 e. The number of imidazole rings is 1. The third-order valence-electron chi connectivity index (χ3n) is 9.05. The highest BCUT2D eigenvalue weighted by Gasteiger charge is 2.39. The Morgan fingerprint density at radius 1 is 0.966 bits per heavy atom. The second kappa shape index (κ2) is 20.7. The summed E-state index contributed by atoms with van der Waals surface area (Å²) < 4.78 is 71.7. The highest BCUT2D eigenvalue weighted by Crippen LogP contribution is 2.34. The molecule has 0 bridgehead atoms. The van der Waals surface area contributed by atoms with E-state index in [0.717, 1.165) is 57.4 Å². The summed E-state index contributed by atoms with van der Waals surface area (Å²) in [6, 6.07) is 5.57. The van der Waals surface area contributed by atoms with Gasteiger partial charge in [-0.05, 0) is 50.0 Å². The van der Waals surface area contributed by atoms with E-state index in [0.29, 0.717) is 59.0 Å². The maximum absolute atomic E-state index is 13.0. The van der Waals surface area contributed by atoms with Crippen LogP contribution in [0, 0.1) is 5.92 Å². The molecule has 3 aliphatic rings. The Hall–Kier alpha value is -5.60. The Morgan fingerprint density at radius 3 is 2.21 bits per heavy atom. The van der Waals surface area contributed by atoms with Crippen molar-refractivity contribution in [1.29, 1.82) is 0 Å². The number of nitrogens with one attached hydrogen (secondary N) is 3. The van der Waals surface area contributed by atoms with Crippen molar-refractivity contribution in [2.24, 2.45) is 5.92 Å². The van der Waals surface area contributed by atoms with E-state index in [2.05, 4.69) is 30.9 Å². The third-order valence-corrected chi connectivity index (χ3v) is 9.35. The molecule has 2 amide bonds. The zero-order valence-corrected chi connectivity index (χ0v) is 31.5. The number of ether oxygens (including phenoxy) is 1. The largest absolute Gasteiger partial charge is 0.490 e. The molecule has 1 saturated carbocycles. The number of piperidine rings is 1. The average Bonchev–Trinajstić information content (AvgIpc) is 3.86. The van der Waals surface area contributed by atoms with Crippen LogP contribution in [0.15, 0.2) is 48.8 Å². The first kappa shape index (κ1) is 45.1. The minimum absolute atomic E-state index is 0.0169. The number of anilines is 3. The van der Waals surface area contributed by atoms with Crippen molar-refractivity contribution in [3.8, 4) is 5.75 Å². The molecule has 0 spiro atoms. The number of carbonyl (C=O) groups is 4. The van der Waals surface area contributed by atoms with Crippen LogP contribution in [-0.4, -0.2) is 103 Å². The molecule has 15 nitrogen and oxygen atoms in total. The monoisotopic (exact) mass is 846 g/mol. The number of carboxylic acids is 2. The molecule has 58 heavy (non-hydrogen) atoms. The smallest absolute Gasteiger partial charge is 0.489 e. The number of likely N-dealkylation sites (tertiary alicyclic amines) is 1. The van der Waals surface area contributed by atoms with Gasteiger partial charge in [0.1, 0.15) is 29.8 Å². The molecule has 4 heterocycles. The average molecular weight is 847 g/mol. The zero-order chi connectivity index (χ0) is 42.5. The molecule has 2 fully saturated rings. The van der Waals surface area contributed by atoms with Crippen LogP contribution in [0.25, 0.3) is 6.08 Å². The fourth-order valence-corrected chi connectivity index (χ4v) is 6.35. The van der Waals surface area contributed by atoms with Gasteiger partial charge < -0.3 is 40.4 Å². The van der Waals surface area contributed by atoms with Gasteiger partial charge in [0, 0.05) is 75.1 Å². The molecule has 0 radical (unpaired) electrons. The number of rotatable bonds is 10. The lowest BCUT2D eigenvalue weighted by atomic mass is 10.0. The lowest BCUT2D eigenvalue weighted by Crippen LogP contribution is -2.44. The van der Waals surface area contributed by atoms with Gasteiger partial charge in [-0.25, -0.2) is 24.5 Å². The predicted octanol–water partition coefficient (Wildman–Crippen LogP) is 6.30. The molecule has 2 aliphatic heterocycles. The van der Waals surface area contributed by atoms with Crippen LogP contribution < -0.4 is 20.7 Å². The predicted molar refractivity (Wildman–Crippen MR) is 197 cm³/mol. The summed E-state index contributed by atoms with van der Waals surface area (Å²) in [6.07, 6.45) is 5.96. The van der Waals surface area contributed by atoms with Gasteiger partial charge >= 0.3 is 24.3 Å². The summed E-state index contributed by atoms with van der Waals surface area (Å²) in [5.41, 5.74) is 2.11. The summed E-state index contributed by atoms with van der Waals surface area (Å²) in [4.78, 5) is 58.5. The molecule has 0 unspecified atom stereocenters. The van der Waals surface area contributed by atoms with Crippen molar-refractivity contribution in [2.45, 2.75) is 76.4 Å². The summed E-state index contributed by atoms with van der Waals surface area (Å²) >= 11 is 6.66. The first-order valence-corrected chi connectivity index (χ1v) is 18.5. The third kappa shape index (κ3) is 13.8. The van der Waals surface area contributed by atoms with Gasteiger partial charge in [0.05, 0.1) is 16.9 Å². The number of benzene rings is 1. The molecule has 5 N–H and O–H groups in total. The molecule has 1 aromatic carbocycles. The molecule has 6 rings (SSSR count). The van der Waals surface area contributed by atoms with Gasteiger partial charge in [0.25, 0.3) is 0 Å². The number of hydrogen-bond donors (Lipinski definition) is 5. The van der Waals surface area contributed by atoms with Crippen LogP contribution in [0.5, 0.6) is 5.75 Å². The summed E-state index contributed by atoms with van der Waals surface area (Å²) in [6.45, 7) is 3.39. The summed E-state index contributed by atoms with van der Waals surface area (Å²) in [7, 11) is 0. The highest BCUT2D eigenvalue weighted by atomic mass is 35.5. The van der Waals surface area contributed by atoms with E-state index in [9.17, 15) is 35.9 Å². The van der Waals surface area contributed by atoms with E-state index in [1.807, 2.05) is 39.9 Å². The van der Waals surface area contributed by atoms with E-state index >= 15 is 0 Å². The first-order chi connectivity index (χ1) is 27.4. The first-order valence-electron chi connectivity index (χ1n) is 18.1. The van der Waals surface area contributed by atoms with Crippen molar-refractivity contribution in [3.63, 3.8) is 0 Å². The number of aromatic nitrogens is 4. The van der Waals surface area contributed by atoms with Crippen molar-refractivity contribution in [3.05, 3.63) is 59.4 Å². The molecule has 2 aromatic heterocycles. The Balaban J connectivity index is 0.000000456. The van der Waals surface area contributed by atoms with Crippen LogP contribution in [0.1, 0.15) is 56.9 Å². The van der Waals surface area contributed by atoms with Gasteiger partial charge in [0.15, 0.2) is 0 Å². The van der Waals surface area contributed by atoms with Crippen LogP contribution in [-0.2, 0) is 25.7 Å². The van der Waals surface area contributed by atoms with Gasteiger partial charge in [-0.3, -0.25) is 9.59 Å². The molecule has 3 aromatic rings. The molecular formula is C36H41ClF6N8O7. The number of hydrogen-bond acceptors (Lipinski definition) is 10. The van der Waals surface area contributed by atoms with E-state index in [4.69, 9.17) is 36.1 Å². The fourth-order valence-electron chi connectivity index (χ4n) is 6.13. The Kier molecular flexibility index (Phi) is 16.1. The Morgan fingerprint density at radius 2 is 1.62 bits per heavy atom. The Labute approximate surface area is 332 Å². The molecular weight excluding hydrogens is 806 g/mol. The fraction of sp³-hybridized carbons (Fsp3) is 0.472. The van der Waals surface area contributed by atoms with Gasteiger partial charge in [-0.1, -0.05) is 24.4 Å². The van der Waals surface area contributed by atoms with Crippen LogP contribution in [0.2, 0.25) is 5.02 Å². The second-order valence-electron chi connectivity index (χ2n) is 13.2. The number of carboxylic acid groups (broad SMARTS) is 2. The lowest BCUT2D eigenvalue weighted by Gasteiger charge is -2.33. The van der Waals surface area contributed by atoms with Crippen LogP contribution in [0.3, 0.4) is 0 Å². The van der Waals surface area contributed by atoms with E-state index in [1.54, 1.807) is 12.5 Å². The Bertz CT molecular complexity index is 1880. The zero-order valence-electron chi connectivity index (χ0n) is 30.8. The molecule has 22 heteroatoms. The van der Waals surface area contributed by atoms with Crippen LogP contribution >= 0.6 is 11.6 Å². The van der Waals surface area contributed by atoms with Gasteiger partial charge in [0.2, 0.25) is 11.8 Å². The number of halogens is 7. The van der Waals surface area contributed by atoms with E-state index < -0.39 is 24.3 Å². The number of aliphatic carboxylic acids is 2. The highest BCUT2D eigenvalue weighted by molar-refractivity contribution is 6.32.